The van der Waals surface area contributed by atoms with Crippen LogP contribution < -0.4 is 4.74 Å². The molecular weight excluding hydrogens is 434 g/mol. The summed E-state index contributed by atoms with van der Waals surface area (Å²) in [4.78, 5) is 12.7. The van der Waals surface area contributed by atoms with Gasteiger partial charge in [-0.3, -0.25) is 0 Å². The van der Waals surface area contributed by atoms with Crippen molar-refractivity contribution in [2.75, 3.05) is 0 Å². The van der Waals surface area contributed by atoms with Gasteiger partial charge in [0, 0.05) is 6.42 Å². The van der Waals surface area contributed by atoms with Gasteiger partial charge in [0.15, 0.2) is 5.82 Å². The van der Waals surface area contributed by atoms with Crippen molar-refractivity contribution in [3.05, 3.63) is 65.9 Å². The zero-order chi connectivity index (χ0) is 23.0. The Labute approximate surface area is 199 Å². The lowest BCUT2D eigenvalue weighted by molar-refractivity contribution is -0.0245. The van der Waals surface area contributed by atoms with E-state index >= 15 is 0 Å². The van der Waals surface area contributed by atoms with Crippen LogP contribution in [0.3, 0.4) is 0 Å². The van der Waals surface area contributed by atoms with Crippen molar-refractivity contribution in [1.82, 2.24) is 9.97 Å². The molecule has 2 heterocycles. The molecule has 1 aliphatic carbocycles. The number of imidazole rings is 1. The van der Waals surface area contributed by atoms with E-state index in [1.807, 2.05) is 32.0 Å². The number of aliphatic hydroxyl groups is 1. The summed E-state index contributed by atoms with van der Waals surface area (Å²) in [7, 11) is 0. The van der Waals surface area contributed by atoms with Crippen molar-refractivity contribution in [3.63, 3.8) is 0 Å². The van der Waals surface area contributed by atoms with Crippen LogP contribution in [0.2, 0.25) is 0 Å². The highest BCUT2D eigenvalue weighted by molar-refractivity contribution is 6.36. The van der Waals surface area contributed by atoms with Crippen molar-refractivity contribution in [2.45, 2.75) is 63.0 Å². The number of rotatable bonds is 5. The van der Waals surface area contributed by atoms with Crippen LogP contribution >= 0.6 is 11.6 Å². The molecule has 2 aromatic carbocycles. The average Bonchev–Trinajstić information content (AvgIpc) is 3.20. The molecule has 5 rings (SSSR count). The molecule has 3 aromatic rings. The standard InChI is InChI=1S/C27H30ClN3O2/c1-27(2,32)20-9-6-10-21(15-20)33-26-29-23-16-22(28)24(30-25(23)31-26)19-13-11-18(12-14-19)17-7-4-3-5-8-17/h3-5,7-8,11-14,20-22,32H,6,9-10,15-16H2,1-2H3,(H,29,31). The molecule has 0 bridgehead atoms. The van der Waals surface area contributed by atoms with E-state index in [0.29, 0.717) is 18.2 Å². The van der Waals surface area contributed by atoms with Crippen LogP contribution in [0.15, 0.2) is 59.6 Å². The average molecular weight is 464 g/mol. The second-order valence-electron chi connectivity index (χ2n) is 9.71. The number of halogens is 1. The number of aromatic amines is 1. The third-order valence-electron chi connectivity index (χ3n) is 6.83. The van der Waals surface area contributed by atoms with Crippen molar-refractivity contribution < 1.29 is 9.84 Å². The van der Waals surface area contributed by atoms with Gasteiger partial charge in [-0.1, -0.05) is 54.6 Å². The molecule has 5 nitrogen and oxygen atoms in total. The number of fused-ring (bicyclic) bond motifs is 1. The highest BCUT2D eigenvalue weighted by atomic mass is 35.5. The van der Waals surface area contributed by atoms with E-state index in [9.17, 15) is 5.11 Å². The summed E-state index contributed by atoms with van der Waals surface area (Å²) in [5.41, 5.74) is 4.40. The van der Waals surface area contributed by atoms with Gasteiger partial charge in [0.25, 0.3) is 6.01 Å². The van der Waals surface area contributed by atoms with Crippen LogP contribution in [0.4, 0.5) is 5.82 Å². The van der Waals surface area contributed by atoms with Gasteiger partial charge in [-0.05, 0) is 62.1 Å². The van der Waals surface area contributed by atoms with E-state index in [0.717, 1.165) is 48.2 Å². The second-order valence-corrected chi connectivity index (χ2v) is 10.2. The second kappa shape index (κ2) is 8.96. The van der Waals surface area contributed by atoms with E-state index in [1.54, 1.807) is 0 Å². The Hall–Kier alpha value is -2.63. The largest absolute Gasteiger partial charge is 0.461 e. The lowest BCUT2D eigenvalue weighted by atomic mass is 9.78. The Morgan fingerprint density at radius 2 is 1.70 bits per heavy atom. The molecule has 0 spiro atoms. The summed E-state index contributed by atoms with van der Waals surface area (Å²) in [5, 5.41) is 10.2. The number of hydrogen-bond donors (Lipinski definition) is 2. The minimum Gasteiger partial charge on any atom is -0.461 e. The molecule has 33 heavy (non-hydrogen) atoms. The molecule has 3 atom stereocenters. The third kappa shape index (κ3) is 4.85. The van der Waals surface area contributed by atoms with E-state index < -0.39 is 5.60 Å². The SMILES string of the molecule is CC(C)(O)C1CCCC(Oc2nc3c([nH]2)CC(Cl)C(c2ccc(-c4ccccc4)cc2)=N3)C1. The molecule has 0 saturated heterocycles. The van der Waals surface area contributed by atoms with Crippen LogP contribution in [-0.4, -0.2) is 37.9 Å². The Morgan fingerprint density at radius 3 is 2.42 bits per heavy atom. The molecule has 1 aliphatic heterocycles. The summed E-state index contributed by atoms with van der Waals surface area (Å²) in [5.74, 6) is 0.885. The number of aliphatic imine (C=N–C) groups is 1. The number of alkyl halides is 1. The van der Waals surface area contributed by atoms with Crippen LogP contribution in [0.1, 0.15) is 50.8 Å². The summed E-state index contributed by atoms with van der Waals surface area (Å²) in [6, 6.07) is 19.2. The lowest BCUT2D eigenvalue weighted by Crippen LogP contribution is -2.38. The first-order chi connectivity index (χ1) is 15.9. The quantitative estimate of drug-likeness (QED) is 0.451. The molecule has 1 aromatic heterocycles. The fourth-order valence-corrected chi connectivity index (χ4v) is 5.22. The van der Waals surface area contributed by atoms with E-state index in [2.05, 4.69) is 46.4 Å². The Morgan fingerprint density at radius 1 is 1.00 bits per heavy atom. The van der Waals surface area contributed by atoms with Crippen molar-refractivity contribution in [1.29, 1.82) is 0 Å². The first-order valence-corrected chi connectivity index (χ1v) is 12.2. The summed E-state index contributed by atoms with van der Waals surface area (Å²) >= 11 is 6.72. The fraction of sp³-hybridized carbons (Fsp3) is 0.407. The van der Waals surface area contributed by atoms with Crippen LogP contribution in [0, 0.1) is 5.92 Å². The van der Waals surface area contributed by atoms with Crippen LogP contribution in [0.25, 0.3) is 11.1 Å². The maximum Gasteiger partial charge on any atom is 0.296 e. The summed E-state index contributed by atoms with van der Waals surface area (Å²) in [6.45, 7) is 3.77. The predicted molar refractivity (Wildman–Crippen MR) is 133 cm³/mol. The molecule has 6 heteroatoms. The highest BCUT2D eigenvalue weighted by Crippen LogP contribution is 2.36. The van der Waals surface area contributed by atoms with Gasteiger partial charge >= 0.3 is 0 Å². The molecule has 3 unspecified atom stereocenters. The lowest BCUT2D eigenvalue weighted by Gasteiger charge is -2.36. The third-order valence-corrected chi connectivity index (χ3v) is 7.19. The molecular formula is C27H30ClN3O2. The Kier molecular flexibility index (Phi) is 6.02. The maximum atomic E-state index is 10.4. The number of aromatic nitrogens is 2. The maximum absolute atomic E-state index is 10.4. The fourth-order valence-electron chi connectivity index (χ4n) is 4.89. The monoisotopic (exact) mass is 463 g/mol. The Balaban J connectivity index is 1.33. The van der Waals surface area contributed by atoms with Gasteiger partial charge in [-0.15, -0.1) is 11.6 Å². The zero-order valence-corrected chi connectivity index (χ0v) is 19.8. The molecule has 0 amide bonds. The van der Waals surface area contributed by atoms with E-state index in [4.69, 9.17) is 21.3 Å². The number of H-pyrrole nitrogens is 1. The molecule has 1 fully saturated rings. The van der Waals surface area contributed by atoms with Crippen molar-refractivity contribution in [2.24, 2.45) is 10.9 Å². The number of benzene rings is 2. The highest BCUT2D eigenvalue weighted by Gasteiger charge is 2.34. The van der Waals surface area contributed by atoms with Gasteiger partial charge in [-0.2, -0.15) is 4.98 Å². The number of hydrogen-bond acceptors (Lipinski definition) is 4. The van der Waals surface area contributed by atoms with Gasteiger partial charge in [0.05, 0.1) is 22.4 Å². The zero-order valence-electron chi connectivity index (χ0n) is 19.1. The topological polar surface area (TPSA) is 70.5 Å². The first-order valence-electron chi connectivity index (χ1n) is 11.7. The normalized spacial score (nSPS) is 23.0. The summed E-state index contributed by atoms with van der Waals surface area (Å²) < 4.78 is 6.18. The van der Waals surface area contributed by atoms with Crippen molar-refractivity contribution in [3.8, 4) is 17.1 Å². The van der Waals surface area contributed by atoms with Gasteiger partial charge in [0.1, 0.15) is 6.10 Å². The van der Waals surface area contributed by atoms with Gasteiger partial charge < -0.3 is 14.8 Å². The first kappa shape index (κ1) is 22.2. The smallest absolute Gasteiger partial charge is 0.296 e. The van der Waals surface area contributed by atoms with Gasteiger partial charge in [0.2, 0.25) is 0 Å². The number of ether oxygens (including phenoxy) is 1. The van der Waals surface area contributed by atoms with Crippen LogP contribution in [-0.2, 0) is 6.42 Å². The number of nitrogens with one attached hydrogen (secondary N) is 1. The molecule has 1 saturated carbocycles. The molecule has 2 aliphatic rings. The Bertz CT molecular complexity index is 1130. The molecule has 0 radical (unpaired) electrons. The summed E-state index contributed by atoms with van der Waals surface area (Å²) in [6.07, 6.45) is 4.55. The minimum absolute atomic E-state index is 0.0450. The minimum atomic E-state index is -0.689. The molecule has 172 valence electrons. The van der Waals surface area contributed by atoms with E-state index in [-0.39, 0.29) is 17.4 Å². The van der Waals surface area contributed by atoms with E-state index in [1.165, 1.54) is 5.56 Å². The number of nitrogens with zero attached hydrogens (tertiary/aromatic N) is 2. The molecule has 2 N–H and O–H groups in total. The predicted octanol–water partition coefficient (Wildman–Crippen LogP) is 6.07. The van der Waals surface area contributed by atoms with Crippen molar-refractivity contribution >= 4 is 23.1 Å². The van der Waals surface area contributed by atoms with Crippen LogP contribution in [0.5, 0.6) is 6.01 Å². The van der Waals surface area contributed by atoms with Gasteiger partial charge in [-0.25, -0.2) is 4.99 Å².